The number of urea groups is 1. The zero-order valence-electron chi connectivity index (χ0n) is 18.6. The second kappa shape index (κ2) is 10.8. The summed E-state index contributed by atoms with van der Waals surface area (Å²) in [6.07, 6.45) is 0.816. The third-order valence-corrected chi connectivity index (χ3v) is 5.09. The van der Waals surface area contributed by atoms with Gasteiger partial charge in [-0.3, -0.25) is 4.99 Å². The van der Waals surface area contributed by atoms with Crippen LogP contribution in [0.25, 0.3) is 0 Å². The van der Waals surface area contributed by atoms with E-state index in [9.17, 15) is 13.6 Å². The van der Waals surface area contributed by atoms with Gasteiger partial charge in [0.1, 0.15) is 11.6 Å². The molecule has 0 bridgehead atoms. The lowest BCUT2D eigenvalue weighted by atomic mass is 10.2. The number of nitrogens with one attached hydrogen (secondary N) is 4. The molecule has 3 rings (SSSR count). The Kier molecular flexibility index (Phi) is 7.86. The molecule has 0 aliphatic carbocycles. The first-order chi connectivity index (χ1) is 15.3. The maximum atomic E-state index is 14.1. The summed E-state index contributed by atoms with van der Waals surface area (Å²) in [6.45, 7) is 5.64. The van der Waals surface area contributed by atoms with Gasteiger partial charge in [0.25, 0.3) is 0 Å². The smallest absolute Gasteiger partial charge is 0.319 e. The standard InChI is InChI=1S/C23H30F2N6O/c1-15(2)28-23(32)30-18-7-4-16(5-8-18)13-27-22(26-3)29-19-10-11-31(14-19)21-9-6-17(24)12-20(21)25/h4-9,12,15,19H,10-11,13-14H2,1-3H3,(H2,26,27,29)(H2,28,30,32). The Morgan fingerprint density at radius 1 is 1.19 bits per heavy atom. The molecule has 32 heavy (non-hydrogen) atoms. The van der Waals surface area contributed by atoms with Crippen molar-refractivity contribution >= 4 is 23.4 Å². The van der Waals surface area contributed by atoms with E-state index in [1.54, 1.807) is 7.05 Å². The average molecular weight is 445 g/mol. The highest BCUT2D eigenvalue weighted by atomic mass is 19.1. The Morgan fingerprint density at radius 2 is 1.94 bits per heavy atom. The first kappa shape index (κ1) is 23.3. The van der Waals surface area contributed by atoms with Gasteiger partial charge in [0.2, 0.25) is 0 Å². The number of halogens is 2. The molecule has 2 aromatic carbocycles. The predicted molar refractivity (Wildman–Crippen MR) is 124 cm³/mol. The molecule has 0 aromatic heterocycles. The van der Waals surface area contributed by atoms with Gasteiger partial charge in [-0.05, 0) is 50.1 Å². The number of carbonyl (C=O) groups is 1. The summed E-state index contributed by atoms with van der Waals surface area (Å²) < 4.78 is 27.2. The van der Waals surface area contributed by atoms with Crippen LogP contribution < -0.4 is 26.2 Å². The molecule has 0 spiro atoms. The molecular formula is C23H30F2N6O. The molecule has 2 aromatic rings. The van der Waals surface area contributed by atoms with Gasteiger partial charge in [-0.1, -0.05) is 12.1 Å². The van der Waals surface area contributed by atoms with Crippen LogP contribution in [0, 0.1) is 11.6 Å². The fraction of sp³-hybridized carbons (Fsp3) is 0.391. The SMILES string of the molecule is CN=C(NCc1ccc(NC(=O)NC(C)C)cc1)NC1CCN(c2ccc(F)cc2F)C1. The molecular weight excluding hydrogens is 414 g/mol. The van der Waals surface area contributed by atoms with Gasteiger partial charge < -0.3 is 26.2 Å². The van der Waals surface area contributed by atoms with Crippen molar-refractivity contribution in [2.45, 2.75) is 38.9 Å². The Morgan fingerprint density at radius 3 is 2.59 bits per heavy atom. The van der Waals surface area contributed by atoms with Crippen LogP contribution in [-0.4, -0.2) is 44.2 Å². The van der Waals surface area contributed by atoms with Gasteiger partial charge in [0.05, 0.1) is 5.69 Å². The largest absolute Gasteiger partial charge is 0.367 e. The maximum absolute atomic E-state index is 14.1. The van der Waals surface area contributed by atoms with E-state index in [1.807, 2.05) is 43.0 Å². The summed E-state index contributed by atoms with van der Waals surface area (Å²) in [7, 11) is 1.70. The minimum atomic E-state index is -0.577. The number of rotatable bonds is 6. The second-order valence-corrected chi connectivity index (χ2v) is 8.05. The molecule has 2 amide bonds. The zero-order chi connectivity index (χ0) is 23.1. The van der Waals surface area contributed by atoms with Crippen LogP contribution >= 0.6 is 0 Å². The van der Waals surface area contributed by atoms with E-state index in [4.69, 9.17) is 0 Å². The van der Waals surface area contributed by atoms with Crippen LogP contribution in [0.15, 0.2) is 47.5 Å². The molecule has 7 nitrogen and oxygen atoms in total. The summed E-state index contributed by atoms with van der Waals surface area (Å²) in [4.78, 5) is 17.9. The van der Waals surface area contributed by atoms with Crippen LogP contribution in [0.2, 0.25) is 0 Å². The predicted octanol–water partition coefficient (Wildman–Crippen LogP) is 3.44. The molecule has 1 heterocycles. The van der Waals surface area contributed by atoms with E-state index in [1.165, 1.54) is 12.1 Å². The Bertz CT molecular complexity index is 948. The quantitative estimate of drug-likeness (QED) is 0.407. The Hall–Kier alpha value is -3.36. The van der Waals surface area contributed by atoms with Gasteiger partial charge in [-0.25, -0.2) is 13.6 Å². The summed E-state index contributed by atoms with van der Waals surface area (Å²) in [5.41, 5.74) is 2.16. The molecule has 1 unspecified atom stereocenters. The Balaban J connectivity index is 1.47. The fourth-order valence-electron chi connectivity index (χ4n) is 3.54. The number of anilines is 2. The van der Waals surface area contributed by atoms with Crippen molar-refractivity contribution in [2.75, 3.05) is 30.4 Å². The number of nitrogens with zero attached hydrogens (tertiary/aromatic N) is 2. The molecule has 4 N–H and O–H groups in total. The summed E-state index contributed by atoms with van der Waals surface area (Å²) in [5.74, 6) is -0.477. The molecule has 1 fully saturated rings. The molecule has 1 aliphatic rings. The third kappa shape index (κ3) is 6.57. The van der Waals surface area contributed by atoms with E-state index in [0.29, 0.717) is 37.0 Å². The van der Waals surface area contributed by atoms with E-state index in [2.05, 4.69) is 26.3 Å². The number of guanidine groups is 1. The zero-order valence-corrected chi connectivity index (χ0v) is 18.6. The van der Waals surface area contributed by atoms with E-state index in [-0.39, 0.29) is 18.1 Å². The van der Waals surface area contributed by atoms with Gasteiger partial charge in [-0.2, -0.15) is 0 Å². The number of amides is 2. The summed E-state index contributed by atoms with van der Waals surface area (Å²) >= 11 is 0. The second-order valence-electron chi connectivity index (χ2n) is 8.05. The third-order valence-electron chi connectivity index (χ3n) is 5.09. The van der Waals surface area contributed by atoms with Crippen molar-refractivity contribution < 1.29 is 13.6 Å². The summed E-state index contributed by atoms with van der Waals surface area (Å²) in [5, 5.41) is 12.2. The first-order valence-electron chi connectivity index (χ1n) is 10.7. The van der Waals surface area contributed by atoms with E-state index < -0.39 is 11.6 Å². The van der Waals surface area contributed by atoms with Crippen molar-refractivity contribution in [1.82, 2.24) is 16.0 Å². The number of carbonyl (C=O) groups excluding carboxylic acids is 1. The van der Waals surface area contributed by atoms with Crippen molar-refractivity contribution in [2.24, 2.45) is 4.99 Å². The normalized spacial score (nSPS) is 16.2. The topological polar surface area (TPSA) is 80.8 Å². The van der Waals surface area contributed by atoms with Gasteiger partial charge in [0, 0.05) is 50.5 Å². The lowest BCUT2D eigenvalue weighted by molar-refractivity contribution is 0.250. The Labute approximate surface area is 187 Å². The number of hydrogen-bond acceptors (Lipinski definition) is 3. The molecule has 0 radical (unpaired) electrons. The molecule has 1 aliphatic heterocycles. The fourth-order valence-corrected chi connectivity index (χ4v) is 3.54. The number of aliphatic imine (C=N–C) groups is 1. The molecule has 1 saturated heterocycles. The van der Waals surface area contributed by atoms with Gasteiger partial charge in [-0.15, -0.1) is 0 Å². The molecule has 0 saturated carbocycles. The lowest BCUT2D eigenvalue weighted by Crippen LogP contribution is -2.44. The first-order valence-corrected chi connectivity index (χ1v) is 10.7. The van der Waals surface area contributed by atoms with Crippen molar-refractivity contribution in [3.8, 4) is 0 Å². The van der Waals surface area contributed by atoms with Crippen LogP contribution in [0.4, 0.5) is 25.0 Å². The monoisotopic (exact) mass is 444 g/mol. The van der Waals surface area contributed by atoms with Gasteiger partial charge in [0.15, 0.2) is 5.96 Å². The molecule has 172 valence electrons. The molecule has 1 atom stereocenters. The van der Waals surface area contributed by atoms with Crippen molar-refractivity contribution in [3.05, 3.63) is 59.7 Å². The highest BCUT2D eigenvalue weighted by molar-refractivity contribution is 5.89. The van der Waals surface area contributed by atoms with Crippen molar-refractivity contribution in [1.29, 1.82) is 0 Å². The summed E-state index contributed by atoms with van der Waals surface area (Å²) in [6, 6.07) is 11.1. The number of hydrogen-bond donors (Lipinski definition) is 4. The highest BCUT2D eigenvalue weighted by Gasteiger charge is 2.25. The van der Waals surface area contributed by atoms with Crippen LogP contribution in [0.1, 0.15) is 25.8 Å². The maximum Gasteiger partial charge on any atom is 0.319 e. The molecule has 9 heteroatoms. The highest BCUT2D eigenvalue weighted by Crippen LogP contribution is 2.24. The minimum absolute atomic E-state index is 0.0689. The average Bonchev–Trinajstić information content (AvgIpc) is 3.19. The van der Waals surface area contributed by atoms with Gasteiger partial charge >= 0.3 is 6.03 Å². The van der Waals surface area contributed by atoms with E-state index >= 15 is 0 Å². The van der Waals surface area contributed by atoms with Crippen LogP contribution in [-0.2, 0) is 6.54 Å². The van der Waals surface area contributed by atoms with Crippen molar-refractivity contribution in [3.63, 3.8) is 0 Å². The van der Waals surface area contributed by atoms with Crippen LogP contribution in [0.5, 0.6) is 0 Å². The minimum Gasteiger partial charge on any atom is -0.367 e. The lowest BCUT2D eigenvalue weighted by Gasteiger charge is -2.21. The number of benzene rings is 2. The van der Waals surface area contributed by atoms with Crippen LogP contribution in [0.3, 0.4) is 0 Å². The van der Waals surface area contributed by atoms with E-state index in [0.717, 1.165) is 18.1 Å².